The average Bonchev–Trinajstić information content (AvgIpc) is 2.50. The number of nitrogens with two attached hydrogens (primary N) is 1. The molecule has 2 N–H and O–H groups in total. The summed E-state index contributed by atoms with van der Waals surface area (Å²) in [6, 6.07) is 12.8. The van der Waals surface area contributed by atoms with Gasteiger partial charge in [0, 0.05) is 18.1 Å². The molecule has 1 unspecified atom stereocenters. The zero-order chi connectivity index (χ0) is 14.4. The van der Waals surface area contributed by atoms with Crippen molar-refractivity contribution in [2.75, 3.05) is 6.54 Å². The predicted octanol–water partition coefficient (Wildman–Crippen LogP) is 4.12. The Kier molecular flexibility index (Phi) is 6.06. The van der Waals surface area contributed by atoms with Crippen molar-refractivity contribution in [2.45, 2.75) is 70.5 Å². The molecule has 0 aliphatic heterocycles. The minimum Gasteiger partial charge on any atom is -0.328 e. The van der Waals surface area contributed by atoms with Gasteiger partial charge in [0.05, 0.1) is 0 Å². The van der Waals surface area contributed by atoms with Gasteiger partial charge in [-0.1, -0.05) is 50.6 Å². The number of hydrogen-bond acceptors (Lipinski definition) is 2. The molecular formula is C18H30N2. The van der Waals surface area contributed by atoms with E-state index in [1.807, 2.05) is 0 Å². The summed E-state index contributed by atoms with van der Waals surface area (Å²) in [4.78, 5) is 2.73. The van der Waals surface area contributed by atoms with Gasteiger partial charge in [0.15, 0.2) is 0 Å². The molecule has 0 radical (unpaired) electrons. The van der Waals surface area contributed by atoms with Crippen LogP contribution in [0, 0.1) is 0 Å². The van der Waals surface area contributed by atoms with Crippen molar-refractivity contribution < 1.29 is 0 Å². The first kappa shape index (κ1) is 15.5. The molecule has 1 fully saturated rings. The average molecular weight is 274 g/mol. The Balaban J connectivity index is 2.13. The summed E-state index contributed by atoms with van der Waals surface area (Å²) >= 11 is 0. The lowest BCUT2D eigenvalue weighted by Crippen LogP contribution is -2.42. The molecule has 1 aliphatic rings. The van der Waals surface area contributed by atoms with Crippen LogP contribution in [0.2, 0.25) is 0 Å². The SMILES string of the molecule is CCCC(c1ccccc1)N(CC)C1CCC(N)CC1. The Bertz CT molecular complexity index is 368. The van der Waals surface area contributed by atoms with E-state index in [-0.39, 0.29) is 0 Å². The fourth-order valence-corrected chi connectivity index (χ4v) is 3.64. The van der Waals surface area contributed by atoms with Crippen molar-refractivity contribution in [2.24, 2.45) is 5.73 Å². The number of hydrogen-bond donors (Lipinski definition) is 1. The smallest absolute Gasteiger partial charge is 0.0350 e. The number of rotatable bonds is 6. The highest BCUT2D eigenvalue weighted by Crippen LogP contribution is 2.32. The maximum atomic E-state index is 6.07. The maximum absolute atomic E-state index is 6.07. The zero-order valence-electron chi connectivity index (χ0n) is 13.1. The molecular weight excluding hydrogens is 244 g/mol. The van der Waals surface area contributed by atoms with E-state index in [1.165, 1.54) is 44.1 Å². The second kappa shape index (κ2) is 7.80. The highest BCUT2D eigenvalue weighted by molar-refractivity contribution is 5.19. The van der Waals surface area contributed by atoms with Crippen molar-refractivity contribution in [3.8, 4) is 0 Å². The van der Waals surface area contributed by atoms with E-state index in [2.05, 4.69) is 49.1 Å². The van der Waals surface area contributed by atoms with E-state index in [0.29, 0.717) is 12.1 Å². The Morgan fingerprint density at radius 2 is 1.75 bits per heavy atom. The van der Waals surface area contributed by atoms with Gasteiger partial charge in [0.1, 0.15) is 0 Å². The van der Waals surface area contributed by atoms with Gasteiger partial charge in [-0.3, -0.25) is 4.90 Å². The van der Waals surface area contributed by atoms with Crippen molar-refractivity contribution in [1.29, 1.82) is 0 Å². The van der Waals surface area contributed by atoms with Gasteiger partial charge in [0.25, 0.3) is 0 Å². The summed E-state index contributed by atoms with van der Waals surface area (Å²) in [7, 11) is 0. The lowest BCUT2D eigenvalue weighted by molar-refractivity contribution is 0.0996. The Labute approximate surface area is 124 Å². The summed E-state index contributed by atoms with van der Waals surface area (Å²) < 4.78 is 0. The van der Waals surface area contributed by atoms with Crippen LogP contribution in [-0.4, -0.2) is 23.5 Å². The van der Waals surface area contributed by atoms with Crippen molar-refractivity contribution in [3.63, 3.8) is 0 Å². The van der Waals surface area contributed by atoms with Gasteiger partial charge in [-0.05, 0) is 44.2 Å². The molecule has 2 rings (SSSR count). The minimum absolute atomic E-state index is 0.436. The normalized spacial score (nSPS) is 24.8. The quantitative estimate of drug-likeness (QED) is 0.845. The Morgan fingerprint density at radius 3 is 2.30 bits per heavy atom. The van der Waals surface area contributed by atoms with Crippen LogP contribution in [0.4, 0.5) is 0 Å². The van der Waals surface area contributed by atoms with Gasteiger partial charge in [-0.25, -0.2) is 0 Å². The summed E-state index contributed by atoms with van der Waals surface area (Å²) in [5.74, 6) is 0. The molecule has 2 nitrogen and oxygen atoms in total. The van der Waals surface area contributed by atoms with E-state index < -0.39 is 0 Å². The third-order valence-electron chi connectivity index (χ3n) is 4.72. The molecule has 1 atom stereocenters. The summed E-state index contributed by atoms with van der Waals surface area (Å²) in [6.45, 7) is 5.74. The van der Waals surface area contributed by atoms with Crippen molar-refractivity contribution >= 4 is 0 Å². The summed E-state index contributed by atoms with van der Waals surface area (Å²) in [6.07, 6.45) is 7.40. The Morgan fingerprint density at radius 1 is 1.10 bits per heavy atom. The first-order valence-corrected chi connectivity index (χ1v) is 8.32. The van der Waals surface area contributed by atoms with E-state index in [0.717, 1.165) is 12.6 Å². The van der Waals surface area contributed by atoms with Crippen LogP contribution >= 0.6 is 0 Å². The van der Waals surface area contributed by atoms with Crippen LogP contribution in [-0.2, 0) is 0 Å². The van der Waals surface area contributed by atoms with E-state index >= 15 is 0 Å². The summed E-state index contributed by atoms with van der Waals surface area (Å²) in [5.41, 5.74) is 7.54. The van der Waals surface area contributed by atoms with Crippen molar-refractivity contribution in [1.82, 2.24) is 4.90 Å². The topological polar surface area (TPSA) is 29.3 Å². The minimum atomic E-state index is 0.436. The molecule has 1 aromatic rings. The largest absolute Gasteiger partial charge is 0.328 e. The Hall–Kier alpha value is -0.860. The molecule has 0 bridgehead atoms. The number of nitrogens with zero attached hydrogens (tertiary/aromatic N) is 1. The van der Waals surface area contributed by atoms with Gasteiger partial charge in [0.2, 0.25) is 0 Å². The maximum Gasteiger partial charge on any atom is 0.0350 e. The van der Waals surface area contributed by atoms with Crippen LogP contribution in [0.25, 0.3) is 0 Å². The molecule has 0 spiro atoms. The van der Waals surface area contributed by atoms with Gasteiger partial charge >= 0.3 is 0 Å². The third kappa shape index (κ3) is 3.83. The fourth-order valence-electron chi connectivity index (χ4n) is 3.64. The molecule has 1 aromatic carbocycles. The van der Waals surface area contributed by atoms with Crippen LogP contribution in [0.15, 0.2) is 30.3 Å². The van der Waals surface area contributed by atoms with E-state index in [9.17, 15) is 0 Å². The van der Waals surface area contributed by atoms with Crippen LogP contribution in [0.1, 0.15) is 64.0 Å². The molecule has 0 aromatic heterocycles. The highest BCUT2D eigenvalue weighted by Gasteiger charge is 2.28. The first-order valence-electron chi connectivity index (χ1n) is 8.32. The molecule has 20 heavy (non-hydrogen) atoms. The predicted molar refractivity (Wildman–Crippen MR) is 86.7 cm³/mol. The van der Waals surface area contributed by atoms with Crippen LogP contribution in [0.5, 0.6) is 0 Å². The molecule has 0 saturated heterocycles. The molecule has 0 heterocycles. The second-order valence-electron chi connectivity index (χ2n) is 6.11. The lowest BCUT2D eigenvalue weighted by Gasteiger charge is -2.41. The first-order chi connectivity index (χ1) is 9.76. The second-order valence-corrected chi connectivity index (χ2v) is 6.11. The van der Waals surface area contributed by atoms with Crippen molar-refractivity contribution in [3.05, 3.63) is 35.9 Å². The van der Waals surface area contributed by atoms with Gasteiger partial charge < -0.3 is 5.73 Å². The molecule has 1 aliphatic carbocycles. The monoisotopic (exact) mass is 274 g/mol. The zero-order valence-corrected chi connectivity index (χ0v) is 13.1. The van der Waals surface area contributed by atoms with E-state index in [4.69, 9.17) is 5.73 Å². The van der Waals surface area contributed by atoms with E-state index in [1.54, 1.807) is 0 Å². The highest BCUT2D eigenvalue weighted by atomic mass is 15.2. The molecule has 2 heteroatoms. The third-order valence-corrected chi connectivity index (χ3v) is 4.72. The molecule has 112 valence electrons. The number of benzene rings is 1. The van der Waals surface area contributed by atoms with Gasteiger partial charge in [-0.2, -0.15) is 0 Å². The standard InChI is InChI=1S/C18H30N2/c1-3-8-18(15-9-6-5-7-10-15)20(4-2)17-13-11-16(19)12-14-17/h5-7,9-10,16-18H,3-4,8,11-14,19H2,1-2H3. The lowest BCUT2D eigenvalue weighted by atomic mass is 9.88. The van der Waals surface area contributed by atoms with Crippen LogP contribution < -0.4 is 5.73 Å². The fraction of sp³-hybridized carbons (Fsp3) is 0.667. The van der Waals surface area contributed by atoms with Gasteiger partial charge in [-0.15, -0.1) is 0 Å². The molecule has 0 amide bonds. The molecule has 1 saturated carbocycles. The van der Waals surface area contributed by atoms with Crippen LogP contribution in [0.3, 0.4) is 0 Å². The summed E-state index contributed by atoms with van der Waals surface area (Å²) in [5, 5.41) is 0.